The molecule has 1 fully saturated rings. The van der Waals surface area contributed by atoms with E-state index in [4.69, 9.17) is 0 Å². The van der Waals surface area contributed by atoms with Crippen LogP contribution in [-0.2, 0) is 12.8 Å². The molecular formula is C13H19N3O. The lowest BCUT2D eigenvalue weighted by atomic mass is 9.96. The van der Waals surface area contributed by atoms with Gasteiger partial charge in [0, 0.05) is 11.6 Å². The molecule has 0 spiro atoms. The summed E-state index contributed by atoms with van der Waals surface area (Å²) in [4.78, 5) is 19.3. The van der Waals surface area contributed by atoms with Crippen molar-refractivity contribution in [1.82, 2.24) is 9.97 Å². The fourth-order valence-corrected chi connectivity index (χ4v) is 2.95. The minimum absolute atomic E-state index is 0.0609. The monoisotopic (exact) mass is 233 g/mol. The van der Waals surface area contributed by atoms with Gasteiger partial charge in [-0.3, -0.25) is 9.78 Å². The lowest BCUT2D eigenvalue weighted by molar-refractivity contribution is 0.460. The van der Waals surface area contributed by atoms with Gasteiger partial charge in [0.15, 0.2) is 0 Å². The molecule has 3 rings (SSSR count). The van der Waals surface area contributed by atoms with Gasteiger partial charge in [0.1, 0.15) is 0 Å². The van der Waals surface area contributed by atoms with E-state index in [-0.39, 0.29) is 5.56 Å². The van der Waals surface area contributed by atoms with Gasteiger partial charge in [-0.1, -0.05) is 19.3 Å². The third-order valence-corrected chi connectivity index (χ3v) is 3.89. The molecule has 1 saturated carbocycles. The van der Waals surface area contributed by atoms with Crippen LogP contribution in [-0.4, -0.2) is 16.0 Å². The van der Waals surface area contributed by atoms with Crippen molar-refractivity contribution in [3.8, 4) is 0 Å². The van der Waals surface area contributed by atoms with Crippen molar-refractivity contribution in [2.24, 2.45) is 0 Å². The SMILES string of the molecule is O=c1[nH]c(NC2CCCCC2)nc2c1CCC2. The van der Waals surface area contributed by atoms with Gasteiger partial charge in [-0.15, -0.1) is 0 Å². The Balaban J connectivity index is 1.79. The van der Waals surface area contributed by atoms with E-state index in [0.717, 1.165) is 30.5 Å². The molecule has 17 heavy (non-hydrogen) atoms. The molecule has 4 heteroatoms. The van der Waals surface area contributed by atoms with E-state index in [1.54, 1.807) is 0 Å². The molecule has 1 aromatic rings. The fraction of sp³-hybridized carbons (Fsp3) is 0.692. The minimum atomic E-state index is 0.0609. The molecule has 0 aromatic carbocycles. The van der Waals surface area contributed by atoms with Gasteiger partial charge in [-0.05, 0) is 32.1 Å². The Morgan fingerprint density at radius 3 is 2.76 bits per heavy atom. The molecule has 1 heterocycles. The average Bonchev–Trinajstić information content (AvgIpc) is 2.79. The van der Waals surface area contributed by atoms with Gasteiger partial charge >= 0.3 is 0 Å². The third kappa shape index (κ3) is 2.21. The summed E-state index contributed by atoms with van der Waals surface area (Å²) in [6, 6.07) is 0.492. The number of anilines is 1. The van der Waals surface area contributed by atoms with Gasteiger partial charge in [-0.2, -0.15) is 0 Å². The number of fused-ring (bicyclic) bond motifs is 1. The first-order chi connectivity index (χ1) is 8.33. The van der Waals surface area contributed by atoms with Crippen LogP contribution in [0, 0.1) is 0 Å². The largest absolute Gasteiger partial charge is 0.353 e. The normalized spacial score (nSPS) is 20.2. The van der Waals surface area contributed by atoms with E-state index in [9.17, 15) is 4.79 Å². The Kier molecular flexibility index (Phi) is 2.87. The van der Waals surface area contributed by atoms with E-state index in [2.05, 4.69) is 15.3 Å². The Labute approximate surface area is 101 Å². The lowest BCUT2D eigenvalue weighted by Crippen LogP contribution is -2.26. The Morgan fingerprint density at radius 1 is 1.12 bits per heavy atom. The van der Waals surface area contributed by atoms with Crippen molar-refractivity contribution in [3.63, 3.8) is 0 Å². The van der Waals surface area contributed by atoms with Crippen LogP contribution in [0.25, 0.3) is 0 Å². The van der Waals surface area contributed by atoms with Crippen LogP contribution in [0.2, 0.25) is 0 Å². The molecule has 2 N–H and O–H groups in total. The molecule has 0 radical (unpaired) electrons. The molecule has 0 bridgehead atoms. The Bertz CT molecular complexity index is 460. The van der Waals surface area contributed by atoms with Crippen LogP contribution in [0.15, 0.2) is 4.79 Å². The lowest BCUT2D eigenvalue weighted by Gasteiger charge is -2.23. The maximum Gasteiger partial charge on any atom is 0.255 e. The Morgan fingerprint density at radius 2 is 1.94 bits per heavy atom. The zero-order valence-corrected chi connectivity index (χ0v) is 10.1. The van der Waals surface area contributed by atoms with E-state index >= 15 is 0 Å². The summed E-state index contributed by atoms with van der Waals surface area (Å²) in [6.45, 7) is 0. The molecule has 2 aliphatic carbocycles. The third-order valence-electron chi connectivity index (χ3n) is 3.89. The molecule has 4 nitrogen and oxygen atoms in total. The molecule has 0 unspecified atom stereocenters. The second-order valence-electron chi connectivity index (χ2n) is 5.17. The van der Waals surface area contributed by atoms with Crippen LogP contribution < -0.4 is 10.9 Å². The summed E-state index contributed by atoms with van der Waals surface area (Å²) in [5.74, 6) is 0.683. The van der Waals surface area contributed by atoms with E-state index in [0.29, 0.717) is 12.0 Å². The maximum absolute atomic E-state index is 11.8. The van der Waals surface area contributed by atoms with E-state index < -0.39 is 0 Å². The second kappa shape index (κ2) is 4.51. The predicted octanol–water partition coefficient (Wildman–Crippen LogP) is 2.00. The topological polar surface area (TPSA) is 57.8 Å². The number of nitrogens with zero attached hydrogens (tertiary/aromatic N) is 1. The van der Waals surface area contributed by atoms with Gasteiger partial charge < -0.3 is 5.32 Å². The summed E-state index contributed by atoms with van der Waals surface area (Å²) in [6.07, 6.45) is 9.21. The average molecular weight is 233 g/mol. The quantitative estimate of drug-likeness (QED) is 0.821. The van der Waals surface area contributed by atoms with E-state index in [1.165, 1.54) is 32.1 Å². The summed E-state index contributed by atoms with van der Waals surface area (Å²) >= 11 is 0. The smallest absolute Gasteiger partial charge is 0.255 e. The molecular weight excluding hydrogens is 214 g/mol. The first-order valence-corrected chi connectivity index (χ1v) is 6.71. The predicted molar refractivity (Wildman–Crippen MR) is 67.4 cm³/mol. The fourth-order valence-electron chi connectivity index (χ4n) is 2.95. The number of aromatic nitrogens is 2. The molecule has 0 amide bonds. The molecule has 0 atom stereocenters. The minimum Gasteiger partial charge on any atom is -0.353 e. The van der Waals surface area contributed by atoms with Crippen molar-refractivity contribution in [3.05, 3.63) is 21.6 Å². The Hall–Kier alpha value is -1.32. The van der Waals surface area contributed by atoms with E-state index in [1.807, 2.05) is 0 Å². The number of hydrogen-bond donors (Lipinski definition) is 2. The van der Waals surface area contributed by atoms with Crippen LogP contribution in [0.1, 0.15) is 49.8 Å². The summed E-state index contributed by atoms with van der Waals surface area (Å²) in [5, 5.41) is 3.38. The van der Waals surface area contributed by atoms with Crippen LogP contribution in [0.5, 0.6) is 0 Å². The molecule has 92 valence electrons. The van der Waals surface area contributed by atoms with Crippen molar-refractivity contribution >= 4 is 5.95 Å². The van der Waals surface area contributed by atoms with Crippen LogP contribution in [0.4, 0.5) is 5.95 Å². The highest BCUT2D eigenvalue weighted by Gasteiger charge is 2.19. The van der Waals surface area contributed by atoms with Gasteiger partial charge in [0.05, 0.1) is 5.69 Å². The number of rotatable bonds is 2. The van der Waals surface area contributed by atoms with Crippen molar-refractivity contribution in [2.75, 3.05) is 5.32 Å². The highest BCUT2D eigenvalue weighted by molar-refractivity contribution is 5.33. The number of aryl methyl sites for hydroxylation is 1. The molecule has 1 aromatic heterocycles. The first kappa shape index (κ1) is 10.8. The first-order valence-electron chi connectivity index (χ1n) is 6.71. The zero-order valence-electron chi connectivity index (χ0n) is 10.1. The molecule has 0 saturated heterocycles. The van der Waals surface area contributed by atoms with Gasteiger partial charge in [-0.25, -0.2) is 4.98 Å². The number of H-pyrrole nitrogens is 1. The maximum atomic E-state index is 11.8. The summed E-state index contributed by atoms with van der Waals surface area (Å²) < 4.78 is 0. The van der Waals surface area contributed by atoms with Gasteiger partial charge in [0.2, 0.25) is 5.95 Å². The van der Waals surface area contributed by atoms with Gasteiger partial charge in [0.25, 0.3) is 5.56 Å². The van der Waals surface area contributed by atoms with Crippen LogP contribution >= 0.6 is 0 Å². The highest BCUT2D eigenvalue weighted by Crippen LogP contribution is 2.21. The zero-order chi connectivity index (χ0) is 11.7. The number of hydrogen-bond acceptors (Lipinski definition) is 3. The van der Waals surface area contributed by atoms with Crippen molar-refractivity contribution in [1.29, 1.82) is 0 Å². The van der Waals surface area contributed by atoms with Crippen LogP contribution in [0.3, 0.4) is 0 Å². The number of nitrogens with one attached hydrogen (secondary N) is 2. The highest BCUT2D eigenvalue weighted by atomic mass is 16.1. The standard InChI is InChI=1S/C13H19N3O/c17-12-10-7-4-8-11(10)15-13(16-12)14-9-5-2-1-3-6-9/h9H,1-8H2,(H2,14,15,16,17). The number of aromatic amines is 1. The van der Waals surface area contributed by atoms with Crippen molar-refractivity contribution in [2.45, 2.75) is 57.4 Å². The molecule has 2 aliphatic rings. The van der Waals surface area contributed by atoms with Crippen molar-refractivity contribution < 1.29 is 0 Å². The molecule has 0 aliphatic heterocycles. The summed E-state index contributed by atoms with van der Waals surface area (Å²) in [5.41, 5.74) is 1.97. The summed E-state index contributed by atoms with van der Waals surface area (Å²) in [7, 11) is 0. The second-order valence-corrected chi connectivity index (χ2v) is 5.17.